The number of amides is 2. The largest absolute Gasteiger partial charge is 0.322 e. The van der Waals surface area contributed by atoms with Gasteiger partial charge in [-0.2, -0.15) is 5.26 Å². The number of rotatable bonds is 8. The smallest absolute Gasteiger partial charge is 0.283 e. The Morgan fingerprint density at radius 1 is 1.00 bits per heavy atom. The molecule has 0 fully saturated rings. The van der Waals surface area contributed by atoms with E-state index in [9.17, 15) is 25.0 Å². The standard InChI is InChI=1S/C32H22ClN5O4S2/c1-18-7-9-22(13-19(18)2)35-30(39)21(17-34)14-20-8-12-28(27(15-20)38(41)42)43-32-37-26-11-10-23(16-29(26)44-32)36-31(40)24-5-3-4-6-25(24)33/h3-16H,1-2H3,(H,35,39)(H,36,40)/b21-14+. The van der Waals surface area contributed by atoms with Crippen molar-refractivity contribution in [3.05, 3.63) is 122 Å². The van der Waals surface area contributed by atoms with Crippen molar-refractivity contribution >= 4 is 79.9 Å². The second-order valence-corrected chi connectivity index (χ2v) is 12.3. The first kappa shape index (κ1) is 30.4. The van der Waals surface area contributed by atoms with E-state index in [2.05, 4.69) is 15.6 Å². The van der Waals surface area contributed by atoms with E-state index in [1.807, 2.05) is 26.0 Å². The molecule has 0 saturated carbocycles. The van der Waals surface area contributed by atoms with Crippen molar-refractivity contribution < 1.29 is 14.5 Å². The fraction of sp³-hybridized carbons (Fsp3) is 0.0625. The molecule has 0 atom stereocenters. The van der Waals surface area contributed by atoms with E-state index >= 15 is 0 Å². The quantitative estimate of drug-likeness (QED) is 0.0752. The van der Waals surface area contributed by atoms with E-state index in [0.29, 0.717) is 42.3 Å². The Morgan fingerprint density at radius 2 is 1.75 bits per heavy atom. The lowest BCUT2D eigenvalue weighted by molar-refractivity contribution is -0.387. The number of nitro groups is 1. The van der Waals surface area contributed by atoms with Crippen molar-refractivity contribution in [1.29, 1.82) is 5.26 Å². The van der Waals surface area contributed by atoms with Gasteiger partial charge >= 0.3 is 0 Å². The highest BCUT2D eigenvalue weighted by atomic mass is 35.5. The van der Waals surface area contributed by atoms with Crippen molar-refractivity contribution in [3.8, 4) is 6.07 Å². The van der Waals surface area contributed by atoms with Gasteiger partial charge in [-0.25, -0.2) is 4.98 Å². The number of halogens is 1. The lowest BCUT2D eigenvalue weighted by atomic mass is 10.1. The number of anilines is 2. The number of thiazole rings is 1. The Hall–Kier alpha value is -5.02. The number of fused-ring (bicyclic) bond motifs is 1. The topological polar surface area (TPSA) is 138 Å². The van der Waals surface area contributed by atoms with E-state index in [1.165, 1.54) is 23.5 Å². The van der Waals surface area contributed by atoms with Crippen LogP contribution < -0.4 is 10.6 Å². The van der Waals surface area contributed by atoms with Crippen LogP contribution in [-0.4, -0.2) is 21.7 Å². The van der Waals surface area contributed by atoms with Crippen LogP contribution in [0, 0.1) is 35.3 Å². The third kappa shape index (κ3) is 6.95. The van der Waals surface area contributed by atoms with Gasteiger partial charge in [0.1, 0.15) is 11.6 Å². The monoisotopic (exact) mass is 639 g/mol. The molecule has 5 rings (SSSR count). The summed E-state index contributed by atoms with van der Waals surface area (Å²) in [5, 5.41) is 27.5. The summed E-state index contributed by atoms with van der Waals surface area (Å²) < 4.78 is 1.34. The van der Waals surface area contributed by atoms with Crippen LogP contribution in [0.1, 0.15) is 27.0 Å². The average Bonchev–Trinajstić information content (AvgIpc) is 3.40. The Kier molecular flexibility index (Phi) is 9.06. The molecular formula is C32H22ClN5O4S2. The zero-order chi connectivity index (χ0) is 31.4. The van der Waals surface area contributed by atoms with Gasteiger partial charge in [-0.1, -0.05) is 47.6 Å². The predicted octanol–water partition coefficient (Wildman–Crippen LogP) is 8.42. The van der Waals surface area contributed by atoms with E-state index in [0.717, 1.165) is 27.6 Å². The Morgan fingerprint density at radius 3 is 2.48 bits per heavy atom. The van der Waals surface area contributed by atoms with E-state index in [-0.39, 0.29) is 17.2 Å². The van der Waals surface area contributed by atoms with Gasteiger partial charge in [0, 0.05) is 17.4 Å². The maximum atomic E-state index is 12.8. The van der Waals surface area contributed by atoms with Gasteiger partial charge < -0.3 is 10.6 Å². The molecule has 2 amide bonds. The Balaban J connectivity index is 1.34. The zero-order valence-electron chi connectivity index (χ0n) is 23.3. The highest BCUT2D eigenvalue weighted by molar-refractivity contribution is 8.01. The number of hydrogen-bond donors (Lipinski definition) is 2. The molecule has 0 saturated heterocycles. The van der Waals surface area contributed by atoms with E-state index < -0.39 is 10.8 Å². The molecule has 1 aromatic heterocycles. The molecule has 9 nitrogen and oxygen atoms in total. The van der Waals surface area contributed by atoms with Gasteiger partial charge in [-0.05, 0) is 85.1 Å². The number of hydrogen-bond acceptors (Lipinski definition) is 8. The van der Waals surface area contributed by atoms with Crippen molar-refractivity contribution in [2.75, 3.05) is 10.6 Å². The second kappa shape index (κ2) is 13.1. The van der Waals surface area contributed by atoms with Gasteiger partial charge in [-0.3, -0.25) is 19.7 Å². The first-order valence-electron chi connectivity index (χ1n) is 13.0. The molecule has 2 N–H and O–H groups in total. The number of nitrogens with zero attached hydrogens (tertiary/aromatic N) is 3. The van der Waals surface area contributed by atoms with E-state index in [1.54, 1.807) is 66.7 Å². The van der Waals surface area contributed by atoms with Crippen molar-refractivity contribution in [2.24, 2.45) is 0 Å². The number of benzene rings is 4. The average molecular weight is 640 g/mol. The minimum absolute atomic E-state index is 0.192. The van der Waals surface area contributed by atoms with Gasteiger partial charge in [0.25, 0.3) is 17.5 Å². The molecular weight excluding hydrogens is 618 g/mol. The SMILES string of the molecule is Cc1ccc(NC(=O)/C(C#N)=C/c2ccc(Sc3nc4ccc(NC(=O)c5ccccc5Cl)cc4s3)c([N+](=O)[O-])c2)cc1C. The van der Waals surface area contributed by atoms with Crippen LogP contribution in [0.2, 0.25) is 5.02 Å². The number of carbonyl (C=O) groups excluding carboxylic acids is 2. The third-order valence-corrected chi connectivity index (χ3v) is 9.04. The van der Waals surface area contributed by atoms with Crippen LogP contribution >= 0.6 is 34.7 Å². The van der Waals surface area contributed by atoms with Crippen molar-refractivity contribution in [1.82, 2.24) is 4.98 Å². The van der Waals surface area contributed by atoms with Crippen molar-refractivity contribution in [3.63, 3.8) is 0 Å². The van der Waals surface area contributed by atoms with Crippen LogP contribution in [0.15, 0.2) is 93.7 Å². The third-order valence-electron chi connectivity index (χ3n) is 6.56. The highest BCUT2D eigenvalue weighted by Gasteiger charge is 2.19. The normalized spacial score (nSPS) is 11.2. The van der Waals surface area contributed by atoms with Gasteiger partial charge in [-0.15, -0.1) is 11.3 Å². The lowest BCUT2D eigenvalue weighted by Crippen LogP contribution is -2.13. The molecule has 4 aromatic carbocycles. The predicted molar refractivity (Wildman–Crippen MR) is 174 cm³/mol. The summed E-state index contributed by atoms with van der Waals surface area (Å²) in [6.07, 6.45) is 1.31. The number of aromatic nitrogens is 1. The molecule has 0 aliphatic rings. The fourth-order valence-electron chi connectivity index (χ4n) is 4.15. The van der Waals surface area contributed by atoms with E-state index in [4.69, 9.17) is 11.6 Å². The number of aryl methyl sites for hydroxylation is 2. The molecule has 0 unspecified atom stereocenters. The summed E-state index contributed by atoms with van der Waals surface area (Å²) in [5.74, 6) is -0.963. The molecule has 0 aliphatic carbocycles. The molecule has 218 valence electrons. The van der Waals surface area contributed by atoms with Crippen LogP contribution in [0.4, 0.5) is 17.1 Å². The Bertz CT molecular complexity index is 2030. The lowest BCUT2D eigenvalue weighted by Gasteiger charge is -2.07. The van der Waals surface area contributed by atoms with Crippen molar-refractivity contribution in [2.45, 2.75) is 23.1 Å². The number of carbonyl (C=O) groups is 2. The molecule has 5 aromatic rings. The summed E-state index contributed by atoms with van der Waals surface area (Å²) >= 11 is 8.58. The number of nitrogens with one attached hydrogen (secondary N) is 2. The fourth-order valence-corrected chi connectivity index (χ4v) is 6.52. The van der Waals surface area contributed by atoms with Gasteiger partial charge in [0.15, 0.2) is 4.34 Å². The molecule has 44 heavy (non-hydrogen) atoms. The second-order valence-electron chi connectivity index (χ2n) is 9.61. The van der Waals surface area contributed by atoms with Crippen LogP contribution in [-0.2, 0) is 4.79 Å². The molecule has 0 spiro atoms. The first-order chi connectivity index (χ1) is 21.1. The maximum absolute atomic E-state index is 12.8. The maximum Gasteiger partial charge on any atom is 0.283 e. The number of nitriles is 1. The van der Waals surface area contributed by atoms with Crippen LogP contribution in [0.3, 0.4) is 0 Å². The molecule has 1 heterocycles. The molecule has 0 radical (unpaired) electrons. The van der Waals surface area contributed by atoms with Gasteiger partial charge in [0.05, 0.1) is 30.6 Å². The zero-order valence-corrected chi connectivity index (χ0v) is 25.6. The molecule has 0 aliphatic heterocycles. The summed E-state index contributed by atoms with van der Waals surface area (Å²) in [7, 11) is 0. The summed E-state index contributed by atoms with van der Waals surface area (Å²) in [5.41, 5.74) is 4.12. The minimum atomic E-state index is -0.617. The summed E-state index contributed by atoms with van der Waals surface area (Å²) in [6.45, 7) is 3.87. The first-order valence-corrected chi connectivity index (χ1v) is 15.1. The van der Waals surface area contributed by atoms with Gasteiger partial charge in [0.2, 0.25) is 0 Å². The Labute approximate surface area is 265 Å². The molecule has 0 bridgehead atoms. The highest BCUT2D eigenvalue weighted by Crippen LogP contribution is 2.40. The minimum Gasteiger partial charge on any atom is -0.322 e. The summed E-state index contributed by atoms with van der Waals surface area (Å²) in [6, 6.07) is 23.8. The van der Waals surface area contributed by atoms with Crippen LogP contribution in [0.25, 0.3) is 16.3 Å². The summed E-state index contributed by atoms with van der Waals surface area (Å²) in [4.78, 5) is 41.8. The van der Waals surface area contributed by atoms with Crippen LogP contribution in [0.5, 0.6) is 0 Å². The molecule has 12 heteroatoms. The number of nitro benzene ring substituents is 1.